The van der Waals surface area contributed by atoms with Crippen LogP contribution in [-0.2, 0) is 14.3 Å². The van der Waals surface area contributed by atoms with Gasteiger partial charge in [0, 0.05) is 19.3 Å². The summed E-state index contributed by atoms with van der Waals surface area (Å²) in [6.07, 6.45) is 2.93. The molecular weight excluding hydrogens is 414 g/mol. The molecule has 2 amide bonds. The number of carbonyl (C=O) groups excluding carboxylic acids is 2. The molecule has 0 saturated carbocycles. The van der Waals surface area contributed by atoms with Crippen molar-refractivity contribution in [2.24, 2.45) is 5.92 Å². The van der Waals surface area contributed by atoms with Gasteiger partial charge in [-0.2, -0.15) is 0 Å². The fourth-order valence-corrected chi connectivity index (χ4v) is 4.07. The van der Waals surface area contributed by atoms with Crippen molar-refractivity contribution in [2.45, 2.75) is 25.9 Å². The Morgan fingerprint density at radius 2 is 1.70 bits per heavy atom. The Balaban J connectivity index is 1.37. The van der Waals surface area contributed by atoms with Crippen LogP contribution in [0.1, 0.15) is 35.6 Å². The van der Waals surface area contributed by atoms with Gasteiger partial charge in [0.1, 0.15) is 18.5 Å². The number of pyridine rings is 1. The van der Waals surface area contributed by atoms with Crippen LogP contribution in [-0.4, -0.2) is 41.4 Å². The van der Waals surface area contributed by atoms with Gasteiger partial charge in [-0.25, -0.2) is 4.98 Å². The van der Waals surface area contributed by atoms with Crippen LogP contribution >= 0.6 is 0 Å². The zero-order valence-corrected chi connectivity index (χ0v) is 18.8. The molecule has 1 unspecified atom stereocenters. The van der Waals surface area contributed by atoms with Crippen molar-refractivity contribution in [1.29, 1.82) is 0 Å². The van der Waals surface area contributed by atoms with Gasteiger partial charge >= 0.3 is 0 Å². The number of hydrogen-bond acceptors (Lipinski definition) is 4. The predicted molar refractivity (Wildman–Crippen MR) is 128 cm³/mol. The number of piperidine rings is 1. The minimum absolute atomic E-state index is 0.0394. The minimum atomic E-state index is -0.326. The Labute approximate surface area is 194 Å². The molecule has 0 spiro atoms. The molecule has 1 aliphatic rings. The van der Waals surface area contributed by atoms with E-state index in [0.717, 1.165) is 29.5 Å². The number of amides is 2. The highest BCUT2D eigenvalue weighted by atomic mass is 16.5. The zero-order chi connectivity index (χ0) is 23.0. The van der Waals surface area contributed by atoms with E-state index >= 15 is 0 Å². The van der Waals surface area contributed by atoms with Gasteiger partial charge in [-0.1, -0.05) is 66.7 Å². The molecule has 0 radical (unpaired) electrons. The monoisotopic (exact) mass is 443 g/mol. The number of anilines is 1. The molecule has 4 rings (SSSR count). The molecule has 1 saturated heterocycles. The van der Waals surface area contributed by atoms with E-state index in [4.69, 9.17) is 4.74 Å². The third-order valence-corrected chi connectivity index (χ3v) is 5.89. The number of nitrogens with one attached hydrogen (secondary N) is 1. The lowest BCUT2D eigenvalue weighted by Crippen LogP contribution is -2.45. The SMILES string of the molecule is Cc1ccc(NC(=O)C2CCCN(C(=O)COC(c3ccccc3)c3ccccc3)C2)nc1. The van der Waals surface area contributed by atoms with Crippen LogP contribution in [0.25, 0.3) is 0 Å². The smallest absolute Gasteiger partial charge is 0.248 e. The molecule has 170 valence electrons. The van der Waals surface area contributed by atoms with Crippen molar-refractivity contribution in [3.63, 3.8) is 0 Å². The molecule has 1 fully saturated rings. The van der Waals surface area contributed by atoms with Gasteiger partial charge in [0.2, 0.25) is 11.8 Å². The van der Waals surface area contributed by atoms with Gasteiger partial charge in [0.25, 0.3) is 0 Å². The first kappa shape index (κ1) is 22.7. The van der Waals surface area contributed by atoms with Crippen LogP contribution in [0.5, 0.6) is 0 Å². The van der Waals surface area contributed by atoms with Crippen LogP contribution in [0.15, 0.2) is 79.0 Å². The normalized spacial score (nSPS) is 15.9. The number of likely N-dealkylation sites (tertiary alicyclic amines) is 1. The van der Waals surface area contributed by atoms with Crippen LogP contribution in [0.3, 0.4) is 0 Å². The van der Waals surface area contributed by atoms with Gasteiger partial charge in [-0.3, -0.25) is 9.59 Å². The van der Waals surface area contributed by atoms with Crippen molar-refractivity contribution in [1.82, 2.24) is 9.88 Å². The zero-order valence-electron chi connectivity index (χ0n) is 18.8. The van der Waals surface area contributed by atoms with Crippen LogP contribution in [0, 0.1) is 12.8 Å². The Morgan fingerprint density at radius 1 is 1.03 bits per heavy atom. The van der Waals surface area contributed by atoms with Gasteiger partial charge in [-0.15, -0.1) is 0 Å². The fourth-order valence-electron chi connectivity index (χ4n) is 4.07. The highest BCUT2D eigenvalue weighted by molar-refractivity contribution is 5.92. The number of nitrogens with zero attached hydrogens (tertiary/aromatic N) is 2. The van der Waals surface area contributed by atoms with Gasteiger partial charge in [0.15, 0.2) is 0 Å². The van der Waals surface area contributed by atoms with Crippen molar-refractivity contribution in [3.8, 4) is 0 Å². The maximum absolute atomic E-state index is 13.0. The summed E-state index contributed by atoms with van der Waals surface area (Å²) >= 11 is 0. The number of aryl methyl sites for hydroxylation is 1. The molecule has 0 aliphatic carbocycles. The number of benzene rings is 2. The number of rotatable bonds is 7. The Bertz CT molecular complexity index is 1020. The molecular formula is C27H29N3O3. The fraction of sp³-hybridized carbons (Fsp3) is 0.296. The number of aromatic nitrogens is 1. The quantitative estimate of drug-likeness (QED) is 0.589. The van der Waals surface area contributed by atoms with Crippen LogP contribution in [0.2, 0.25) is 0 Å². The summed E-state index contributed by atoms with van der Waals surface area (Å²) in [4.78, 5) is 31.7. The van der Waals surface area contributed by atoms with Crippen LogP contribution in [0.4, 0.5) is 5.82 Å². The summed E-state index contributed by atoms with van der Waals surface area (Å²) in [5, 5.41) is 2.87. The molecule has 1 N–H and O–H groups in total. The molecule has 3 aromatic rings. The lowest BCUT2D eigenvalue weighted by molar-refractivity contribution is -0.140. The lowest BCUT2D eigenvalue weighted by atomic mass is 9.97. The molecule has 1 aliphatic heterocycles. The maximum atomic E-state index is 13.0. The minimum Gasteiger partial charge on any atom is -0.359 e. The largest absolute Gasteiger partial charge is 0.359 e. The second-order valence-corrected chi connectivity index (χ2v) is 8.40. The summed E-state index contributed by atoms with van der Waals surface area (Å²) < 4.78 is 6.13. The average molecular weight is 444 g/mol. The maximum Gasteiger partial charge on any atom is 0.248 e. The summed E-state index contributed by atoms with van der Waals surface area (Å²) in [6.45, 7) is 2.94. The first-order valence-corrected chi connectivity index (χ1v) is 11.3. The molecule has 2 aromatic carbocycles. The Hall–Kier alpha value is -3.51. The van der Waals surface area contributed by atoms with Gasteiger partial charge in [-0.05, 0) is 42.5 Å². The standard InChI is InChI=1S/C27H29N3O3/c1-20-14-15-24(28-17-20)29-27(32)23-13-8-16-30(18-23)25(31)19-33-26(21-9-4-2-5-10-21)22-11-6-3-7-12-22/h2-7,9-12,14-15,17,23,26H,8,13,16,18-19H2,1H3,(H,28,29,32). The first-order chi connectivity index (χ1) is 16.1. The van der Waals surface area contributed by atoms with E-state index in [-0.39, 0.29) is 30.4 Å². The van der Waals surface area contributed by atoms with E-state index in [2.05, 4.69) is 10.3 Å². The number of carbonyl (C=O) groups is 2. The summed E-state index contributed by atoms with van der Waals surface area (Å²) in [5.41, 5.74) is 3.03. The van der Waals surface area contributed by atoms with E-state index in [1.54, 1.807) is 17.2 Å². The van der Waals surface area contributed by atoms with Crippen molar-refractivity contribution < 1.29 is 14.3 Å². The topological polar surface area (TPSA) is 71.5 Å². The van der Waals surface area contributed by atoms with Crippen molar-refractivity contribution >= 4 is 17.6 Å². The molecule has 6 heteroatoms. The molecule has 2 heterocycles. The van der Waals surface area contributed by atoms with E-state index < -0.39 is 0 Å². The highest BCUT2D eigenvalue weighted by Gasteiger charge is 2.29. The Morgan fingerprint density at radius 3 is 2.30 bits per heavy atom. The molecule has 0 bridgehead atoms. The second kappa shape index (κ2) is 10.9. The average Bonchev–Trinajstić information content (AvgIpc) is 2.87. The van der Waals surface area contributed by atoms with Crippen molar-refractivity contribution in [2.75, 3.05) is 25.0 Å². The van der Waals surface area contributed by atoms with E-state index in [1.807, 2.05) is 73.7 Å². The van der Waals surface area contributed by atoms with E-state index in [0.29, 0.717) is 18.9 Å². The number of ether oxygens (including phenoxy) is 1. The summed E-state index contributed by atoms with van der Waals surface area (Å²) in [5.74, 6) is 0.0739. The molecule has 33 heavy (non-hydrogen) atoms. The first-order valence-electron chi connectivity index (χ1n) is 11.3. The highest BCUT2D eigenvalue weighted by Crippen LogP contribution is 2.26. The second-order valence-electron chi connectivity index (χ2n) is 8.40. The Kier molecular flexibility index (Phi) is 7.47. The van der Waals surface area contributed by atoms with Gasteiger partial charge < -0.3 is 15.0 Å². The third-order valence-electron chi connectivity index (χ3n) is 5.89. The van der Waals surface area contributed by atoms with E-state index in [1.165, 1.54) is 0 Å². The molecule has 1 aromatic heterocycles. The van der Waals surface area contributed by atoms with Crippen molar-refractivity contribution in [3.05, 3.63) is 95.7 Å². The third kappa shape index (κ3) is 6.05. The van der Waals surface area contributed by atoms with Crippen LogP contribution < -0.4 is 5.32 Å². The van der Waals surface area contributed by atoms with E-state index in [9.17, 15) is 9.59 Å². The summed E-state index contributed by atoms with van der Waals surface area (Å²) in [7, 11) is 0. The summed E-state index contributed by atoms with van der Waals surface area (Å²) in [6, 6.07) is 23.5. The number of hydrogen-bond donors (Lipinski definition) is 1. The predicted octanol–water partition coefficient (Wildman–Crippen LogP) is 4.37. The lowest BCUT2D eigenvalue weighted by Gasteiger charge is -2.32. The molecule has 1 atom stereocenters. The molecule has 6 nitrogen and oxygen atoms in total. The van der Waals surface area contributed by atoms with Gasteiger partial charge in [0.05, 0.1) is 5.92 Å².